The van der Waals surface area contributed by atoms with Gasteiger partial charge in [-0.1, -0.05) is 18.1 Å². The molecule has 0 aliphatic heterocycles. The summed E-state index contributed by atoms with van der Waals surface area (Å²) < 4.78 is 0. The maximum absolute atomic E-state index is 5.86. The van der Waals surface area contributed by atoms with Crippen LogP contribution in [0.25, 0.3) is 0 Å². The van der Waals surface area contributed by atoms with Gasteiger partial charge in [-0.25, -0.2) is 0 Å². The third-order valence-electron chi connectivity index (χ3n) is 3.67. The molecule has 0 amide bonds. The zero-order chi connectivity index (χ0) is 8.44. The summed E-state index contributed by atoms with van der Waals surface area (Å²) in [4.78, 5) is 0. The van der Waals surface area contributed by atoms with Gasteiger partial charge in [0.15, 0.2) is 0 Å². The molecule has 1 heteroatoms. The Hall–Kier alpha value is -0.300. The summed E-state index contributed by atoms with van der Waals surface area (Å²) in [6.45, 7) is 0.888. The Morgan fingerprint density at radius 3 is 2.50 bits per heavy atom. The average molecular weight is 165 g/mol. The summed E-state index contributed by atoms with van der Waals surface area (Å²) >= 11 is 0. The van der Waals surface area contributed by atoms with E-state index in [-0.39, 0.29) is 0 Å². The molecule has 1 fully saturated rings. The van der Waals surface area contributed by atoms with Crippen LogP contribution in [0.2, 0.25) is 0 Å². The second-order valence-electron chi connectivity index (χ2n) is 4.31. The van der Waals surface area contributed by atoms with E-state index < -0.39 is 0 Å². The standard InChI is InChI=1S/C11H19N/c12-9-11(7-4-8-11)10-5-2-1-3-6-10/h5H,1-4,6-9,12H2. The zero-order valence-corrected chi connectivity index (χ0v) is 7.81. The van der Waals surface area contributed by atoms with Gasteiger partial charge in [-0.05, 0) is 38.5 Å². The topological polar surface area (TPSA) is 26.0 Å². The van der Waals surface area contributed by atoms with E-state index in [4.69, 9.17) is 5.73 Å². The van der Waals surface area contributed by atoms with Crippen molar-refractivity contribution in [1.82, 2.24) is 0 Å². The van der Waals surface area contributed by atoms with E-state index in [1.807, 2.05) is 0 Å². The van der Waals surface area contributed by atoms with Gasteiger partial charge in [-0.2, -0.15) is 0 Å². The Morgan fingerprint density at radius 2 is 2.08 bits per heavy atom. The molecular weight excluding hydrogens is 146 g/mol. The van der Waals surface area contributed by atoms with E-state index in [9.17, 15) is 0 Å². The van der Waals surface area contributed by atoms with Crippen LogP contribution in [0.3, 0.4) is 0 Å². The summed E-state index contributed by atoms with van der Waals surface area (Å²) in [6, 6.07) is 0. The molecule has 0 saturated heterocycles. The lowest BCUT2D eigenvalue weighted by atomic mass is 9.62. The molecule has 0 unspecified atom stereocenters. The van der Waals surface area contributed by atoms with Gasteiger partial charge in [0.2, 0.25) is 0 Å². The molecule has 0 bridgehead atoms. The molecule has 0 aromatic carbocycles. The minimum Gasteiger partial charge on any atom is -0.330 e. The van der Waals surface area contributed by atoms with Crippen LogP contribution in [0.5, 0.6) is 0 Å². The Morgan fingerprint density at radius 1 is 1.25 bits per heavy atom. The Labute approximate surface area is 75.0 Å². The summed E-state index contributed by atoms with van der Waals surface area (Å²) in [5.74, 6) is 0. The van der Waals surface area contributed by atoms with Gasteiger partial charge in [0.1, 0.15) is 0 Å². The molecule has 2 aliphatic carbocycles. The number of rotatable bonds is 2. The second kappa shape index (κ2) is 3.21. The second-order valence-corrected chi connectivity index (χ2v) is 4.31. The zero-order valence-electron chi connectivity index (χ0n) is 7.81. The molecule has 2 rings (SSSR count). The quantitative estimate of drug-likeness (QED) is 0.625. The van der Waals surface area contributed by atoms with Crippen LogP contribution in [0.15, 0.2) is 11.6 Å². The van der Waals surface area contributed by atoms with Crippen LogP contribution in [-0.2, 0) is 0 Å². The van der Waals surface area contributed by atoms with Gasteiger partial charge >= 0.3 is 0 Å². The molecule has 0 radical (unpaired) electrons. The molecule has 12 heavy (non-hydrogen) atoms. The molecule has 0 spiro atoms. The fourth-order valence-electron chi connectivity index (χ4n) is 2.58. The van der Waals surface area contributed by atoms with Crippen molar-refractivity contribution in [1.29, 1.82) is 0 Å². The predicted molar refractivity (Wildman–Crippen MR) is 51.9 cm³/mol. The van der Waals surface area contributed by atoms with Crippen molar-refractivity contribution in [3.05, 3.63) is 11.6 Å². The highest BCUT2D eigenvalue weighted by Gasteiger charge is 2.38. The summed E-state index contributed by atoms with van der Waals surface area (Å²) in [6.07, 6.45) is 12.0. The van der Waals surface area contributed by atoms with Crippen molar-refractivity contribution in [3.63, 3.8) is 0 Å². The first kappa shape index (κ1) is 8.31. The molecule has 1 nitrogen and oxygen atoms in total. The normalized spacial score (nSPS) is 27.6. The van der Waals surface area contributed by atoms with E-state index in [2.05, 4.69) is 6.08 Å². The van der Waals surface area contributed by atoms with Gasteiger partial charge in [0.05, 0.1) is 0 Å². The van der Waals surface area contributed by atoms with Crippen molar-refractivity contribution in [3.8, 4) is 0 Å². The maximum Gasteiger partial charge on any atom is 0.00345 e. The Bertz CT molecular complexity index is 184. The Kier molecular flexibility index (Phi) is 2.22. The van der Waals surface area contributed by atoms with E-state index in [1.54, 1.807) is 5.57 Å². The smallest absolute Gasteiger partial charge is 0.00345 e. The number of hydrogen-bond donors (Lipinski definition) is 1. The molecule has 0 atom stereocenters. The minimum atomic E-state index is 0.473. The molecule has 0 aromatic heterocycles. The van der Waals surface area contributed by atoms with E-state index in [1.165, 1.54) is 44.9 Å². The molecule has 2 N–H and O–H groups in total. The number of allylic oxidation sites excluding steroid dienone is 1. The summed E-state index contributed by atoms with van der Waals surface area (Å²) in [7, 11) is 0. The van der Waals surface area contributed by atoms with E-state index >= 15 is 0 Å². The highest BCUT2D eigenvalue weighted by atomic mass is 14.6. The van der Waals surface area contributed by atoms with Crippen LogP contribution >= 0.6 is 0 Å². The van der Waals surface area contributed by atoms with Crippen LogP contribution in [0, 0.1) is 5.41 Å². The van der Waals surface area contributed by atoms with Gasteiger partial charge in [-0.15, -0.1) is 0 Å². The summed E-state index contributed by atoms with van der Waals surface area (Å²) in [5, 5.41) is 0. The fourth-order valence-corrected chi connectivity index (χ4v) is 2.58. The first-order valence-electron chi connectivity index (χ1n) is 5.27. The number of nitrogens with two attached hydrogens (primary N) is 1. The van der Waals surface area contributed by atoms with Crippen molar-refractivity contribution < 1.29 is 0 Å². The summed E-state index contributed by atoms with van der Waals surface area (Å²) in [5.41, 5.74) is 8.03. The third kappa shape index (κ3) is 1.20. The molecular formula is C11H19N. The molecule has 2 aliphatic rings. The first-order chi connectivity index (χ1) is 5.87. The van der Waals surface area contributed by atoms with Crippen molar-refractivity contribution >= 4 is 0 Å². The number of hydrogen-bond acceptors (Lipinski definition) is 1. The lowest BCUT2D eigenvalue weighted by Crippen LogP contribution is -2.39. The van der Waals surface area contributed by atoms with Crippen molar-refractivity contribution in [2.45, 2.75) is 44.9 Å². The lowest BCUT2D eigenvalue weighted by molar-refractivity contribution is 0.187. The Balaban J connectivity index is 2.09. The SMILES string of the molecule is NCC1(C2=CCCCC2)CCC1. The first-order valence-corrected chi connectivity index (χ1v) is 5.27. The maximum atomic E-state index is 5.86. The largest absolute Gasteiger partial charge is 0.330 e. The van der Waals surface area contributed by atoms with Crippen LogP contribution < -0.4 is 5.73 Å². The fraction of sp³-hybridized carbons (Fsp3) is 0.818. The molecule has 0 heterocycles. The van der Waals surface area contributed by atoms with Crippen LogP contribution in [0.1, 0.15) is 44.9 Å². The molecule has 68 valence electrons. The van der Waals surface area contributed by atoms with Gasteiger partial charge in [-0.3, -0.25) is 0 Å². The highest BCUT2D eigenvalue weighted by molar-refractivity contribution is 5.20. The van der Waals surface area contributed by atoms with Crippen LogP contribution in [0.4, 0.5) is 0 Å². The average Bonchev–Trinajstić information content (AvgIpc) is 2.05. The molecule has 0 aromatic rings. The van der Waals surface area contributed by atoms with E-state index in [0.29, 0.717) is 5.41 Å². The van der Waals surface area contributed by atoms with Crippen molar-refractivity contribution in [2.24, 2.45) is 11.1 Å². The lowest BCUT2D eigenvalue weighted by Gasteiger charge is -2.44. The van der Waals surface area contributed by atoms with Crippen LogP contribution in [-0.4, -0.2) is 6.54 Å². The highest BCUT2D eigenvalue weighted by Crippen LogP contribution is 2.48. The monoisotopic (exact) mass is 165 g/mol. The van der Waals surface area contributed by atoms with Gasteiger partial charge in [0, 0.05) is 12.0 Å². The third-order valence-corrected chi connectivity index (χ3v) is 3.67. The van der Waals surface area contributed by atoms with Gasteiger partial charge < -0.3 is 5.73 Å². The predicted octanol–water partition coefficient (Wildman–Crippen LogP) is 2.62. The van der Waals surface area contributed by atoms with E-state index in [0.717, 1.165) is 6.54 Å². The van der Waals surface area contributed by atoms with Gasteiger partial charge in [0.25, 0.3) is 0 Å². The minimum absolute atomic E-state index is 0.473. The van der Waals surface area contributed by atoms with Crippen molar-refractivity contribution in [2.75, 3.05) is 6.54 Å². The molecule has 1 saturated carbocycles.